The highest BCUT2D eigenvalue weighted by Gasteiger charge is 2.54. The van der Waals surface area contributed by atoms with Crippen molar-refractivity contribution in [1.82, 2.24) is 0 Å². The van der Waals surface area contributed by atoms with Gasteiger partial charge < -0.3 is 23.7 Å². The van der Waals surface area contributed by atoms with E-state index in [0.29, 0.717) is 26.1 Å². The van der Waals surface area contributed by atoms with E-state index in [-0.39, 0.29) is 19.8 Å². The molecule has 4 aromatic carbocycles. The van der Waals surface area contributed by atoms with Gasteiger partial charge in [-0.25, -0.2) is 8.42 Å². The van der Waals surface area contributed by atoms with Gasteiger partial charge in [0.05, 0.1) is 38.3 Å². The zero-order valence-corrected chi connectivity index (χ0v) is 28.2. The molecule has 2 fully saturated rings. The summed E-state index contributed by atoms with van der Waals surface area (Å²) in [5, 5.41) is -0.499. The summed E-state index contributed by atoms with van der Waals surface area (Å²) in [5.41, 5.74) is 2.66. The van der Waals surface area contributed by atoms with E-state index in [4.69, 9.17) is 23.7 Å². The number of hydrogen-bond acceptors (Lipinski definition) is 7. The summed E-state index contributed by atoms with van der Waals surface area (Å²) in [7, 11) is -3.79. The van der Waals surface area contributed by atoms with Gasteiger partial charge in [0.1, 0.15) is 24.4 Å². The number of rotatable bonds is 15. The molecule has 1 saturated heterocycles. The Kier molecular flexibility index (Phi) is 12.5. The Morgan fingerprint density at radius 2 is 0.938 bits per heavy atom. The standard InChI is InChI=1S/C40H46O7S/c41-48(42,35-24-14-5-15-25-35)40-39(46-29-34-22-12-4-13-23-34)38(45-28-33-20-10-3-11-21-33)37(44-27-32-18-8-2-9-19-32)36(47-40)30-43-26-31-16-6-1-7-17-31/h1-4,6-13,16-23,35-40H,5,14-15,24-30H2/t36-,37-,38+,39-,40-/m1/s1. The topological polar surface area (TPSA) is 80.3 Å². The van der Waals surface area contributed by atoms with Crippen molar-refractivity contribution in [3.8, 4) is 0 Å². The highest BCUT2D eigenvalue weighted by Crippen LogP contribution is 2.37. The minimum Gasteiger partial charge on any atom is -0.374 e. The van der Waals surface area contributed by atoms with Crippen molar-refractivity contribution < 1.29 is 32.1 Å². The second kappa shape index (κ2) is 17.3. The molecule has 0 spiro atoms. The molecule has 0 amide bonds. The lowest BCUT2D eigenvalue weighted by Crippen LogP contribution is -2.63. The Balaban J connectivity index is 1.35. The first kappa shape index (κ1) is 34.5. The van der Waals surface area contributed by atoms with Crippen LogP contribution in [-0.2, 0) is 59.9 Å². The number of benzene rings is 4. The Labute approximate surface area is 285 Å². The molecule has 48 heavy (non-hydrogen) atoms. The molecule has 4 aromatic rings. The average molecular weight is 671 g/mol. The molecule has 8 heteroatoms. The third kappa shape index (κ3) is 9.20. The van der Waals surface area contributed by atoms with Crippen molar-refractivity contribution in [3.05, 3.63) is 144 Å². The van der Waals surface area contributed by atoms with Gasteiger partial charge in [0.15, 0.2) is 15.3 Å². The molecule has 6 rings (SSSR count). The second-order valence-corrected chi connectivity index (χ2v) is 15.0. The largest absolute Gasteiger partial charge is 0.374 e. The van der Waals surface area contributed by atoms with Gasteiger partial charge in [-0.3, -0.25) is 0 Å². The predicted molar refractivity (Wildman–Crippen MR) is 186 cm³/mol. The zero-order chi connectivity index (χ0) is 33.0. The van der Waals surface area contributed by atoms with Crippen molar-refractivity contribution in [3.63, 3.8) is 0 Å². The van der Waals surface area contributed by atoms with Crippen LogP contribution in [0.2, 0.25) is 0 Å². The molecule has 1 aliphatic heterocycles. The van der Waals surface area contributed by atoms with Crippen LogP contribution < -0.4 is 0 Å². The van der Waals surface area contributed by atoms with Gasteiger partial charge in [0, 0.05) is 0 Å². The van der Waals surface area contributed by atoms with Crippen LogP contribution in [-0.4, -0.2) is 50.1 Å². The summed E-state index contributed by atoms with van der Waals surface area (Å²) in [5.74, 6) is 0. The highest BCUT2D eigenvalue weighted by molar-refractivity contribution is 7.92. The smallest absolute Gasteiger partial charge is 0.188 e. The highest BCUT2D eigenvalue weighted by atomic mass is 32.2. The summed E-state index contributed by atoms with van der Waals surface area (Å²) in [6, 6.07) is 39.5. The summed E-state index contributed by atoms with van der Waals surface area (Å²) < 4.78 is 62.1. The molecule has 7 nitrogen and oxygen atoms in total. The van der Waals surface area contributed by atoms with E-state index in [1.165, 1.54) is 0 Å². The molecule has 254 valence electrons. The SMILES string of the molecule is O=S(=O)(C1CCCCC1)[C@H]1O[C@H](COCc2ccccc2)[C@@H](OCc2ccccc2)[C@H](OCc2ccccc2)[C@H]1OCc1ccccc1. The van der Waals surface area contributed by atoms with Crippen molar-refractivity contribution in [1.29, 1.82) is 0 Å². The normalized spacial score (nSPS) is 23.5. The minimum atomic E-state index is -3.79. The summed E-state index contributed by atoms with van der Waals surface area (Å²) >= 11 is 0. The van der Waals surface area contributed by atoms with Crippen LogP contribution in [0.3, 0.4) is 0 Å². The van der Waals surface area contributed by atoms with Gasteiger partial charge >= 0.3 is 0 Å². The van der Waals surface area contributed by atoms with E-state index < -0.39 is 44.9 Å². The Bertz CT molecular complexity index is 1600. The number of sulfone groups is 1. The fourth-order valence-corrected chi connectivity index (χ4v) is 8.87. The predicted octanol–water partition coefficient (Wildman–Crippen LogP) is 7.43. The van der Waals surface area contributed by atoms with E-state index in [9.17, 15) is 8.42 Å². The first-order valence-electron chi connectivity index (χ1n) is 17.0. The molecule has 0 radical (unpaired) electrons. The van der Waals surface area contributed by atoms with Crippen LogP contribution in [0.25, 0.3) is 0 Å². The molecule has 0 N–H and O–H groups in total. The van der Waals surface area contributed by atoms with E-state index >= 15 is 0 Å². The van der Waals surface area contributed by atoms with Crippen molar-refractivity contribution >= 4 is 9.84 Å². The van der Waals surface area contributed by atoms with Gasteiger partial charge in [0.2, 0.25) is 0 Å². The maximum absolute atomic E-state index is 14.6. The van der Waals surface area contributed by atoms with E-state index in [1.54, 1.807) is 0 Å². The van der Waals surface area contributed by atoms with Gasteiger partial charge in [-0.2, -0.15) is 0 Å². The molecule has 0 aromatic heterocycles. The van der Waals surface area contributed by atoms with Crippen LogP contribution in [0.15, 0.2) is 121 Å². The minimum absolute atomic E-state index is 0.127. The Hall–Kier alpha value is -3.37. The second-order valence-electron chi connectivity index (χ2n) is 12.7. The average Bonchev–Trinajstić information content (AvgIpc) is 3.14. The molecule has 1 heterocycles. The molecular weight excluding hydrogens is 625 g/mol. The first-order chi connectivity index (χ1) is 23.6. The van der Waals surface area contributed by atoms with Crippen LogP contribution in [0.1, 0.15) is 54.4 Å². The summed E-state index contributed by atoms with van der Waals surface area (Å²) in [6.45, 7) is 1.24. The van der Waals surface area contributed by atoms with Crippen LogP contribution >= 0.6 is 0 Å². The zero-order valence-electron chi connectivity index (χ0n) is 27.3. The molecule has 5 atom stereocenters. The van der Waals surface area contributed by atoms with Crippen LogP contribution in [0.5, 0.6) is 0 Å². The first-order valence-corrected chi connectivity index (χ1v) is 18.7. The Morgan fingerprint density at radius 3 is 1.42 bits per heavy atom. The number of ether oxygens (including phenoxy) is 5. The molecule has 1 saturated carbocycles. The van der Waals surface area contributed by atoms with Crippen molar-refractivity contribution in [2.75, 3.05) is 6.61 Å². The lowest BCUT2D eigenvalue weighted by Gasteiger charge is -2.46. The van der Waals surface area contributed by atoms with E-state index in [2.05, 4.69) is 0 Å². The lowest BCUT2D eigenvalue weighted by atomic mass is 9.98. The van der Waals surface area contributed by atoms with Gasteiger partial charge in [0.25, 0.3) is 0 Å². The quantitative estimate of drug-likeness (QED) is 0.130. The summed E-state index contributed by atoms with van der Waals surface area (Å²) in [6.07, 6.45) is 0.936. The molecule has 2 aliphatic rings. The van der Waals surface area contributed by atoms with Gasteiger partial charge in [-0.05, 0) is 35.1 Å². The van der Waals surface area contributed by atoms with Crippen molar-refractivity contribution in [2.24, 2.45) is 0 Å². The monoisotopic (exact) mass is 670 g/mol. The molecule has 1 aliphatic carbocycles. The van der Waals surface area contributed by atoms with E-state index in [0.717, 1.165) is 41.5 Å². The van der Waals surface area contributed by atoms with Crippen molar-refractivity contribution in [2.45, 2.75) is 93.6 Å². The fraction of sp³-hybridized carbons (Fsp3) is 0.400. The molecule has 0 bridgehead atoms. The van der Waals surface area contributed by atoms with Crippen LogP contribution in [0, 0.1) is 0 Å². The maximum Gasteiger partial charge on any atom is 0.188 e. The maximum atomic E-state index is 14.6. The summed E-state index contributed by atoms with van der Waals surface area (Å²) in [4.78, 5) is 0. The number of hydrogen-bond donors (Lipinski definition) is 0. The van der Waals surface area contributed by atoms with Gasteiger partial charge in [-0.1, -0.05) is 141 Å². The van der Waals surface area contributed by atoms with Crippen LogP contribution in [0.4, 0.5) is 0 Å². The van der Waals surface area contributed by atoms with E-state index in [1.807, 2.05) is 121 Å². The lowest BCUT2D eigenvalue weighted by molar-refractivity contribution is -0.256. The molecule has 0 unspecified atom stereocenters. The molecular formula is C40H46O7S. The third-order valence-electron chi connectivity index (χ3n) is 9.18. The Morgan fingerprint density at radius 1 is 0.521 bits per heavy atom. The third-order valence-corrected chi connectivity index (χ3v) is 11.6. The fourth-order valence-electron chi connectivity index (χ4n) is 6.59. The van der Waals surface area contributed by atoms with Gasteiger partial charge in [-0.15, -0.1) is 0 Å².